The average Bonchev–Trinajstić information content (AvgIpc) is 2.87. The minimum absolute atomic E-state index is 0.0565. The van der Waals surface area contributed by atoms with Crippen LogP contribution in [0.25, 0.3) is 0 Å². The number of hydrogen-bond donors (Lipinski definition) is 1. The topological polar surface area (TPSA) is 63.6 Å². The third-order valence-electron chi connectivity index (χ3n) is 3.61. The molecule has 19 heavy (non-hydrogen) atoms. The van der Waals surface area contributed by atoms with E-state index in [1.807, 2.05) is 0 Å². The fraction of sp³-hybridized carbons (Fsp3) is 0.429. The number of rotatable bonds is 4. The van der Waals surface area contributed by atoms with Crippen molar-refractivity contribution in [2.75, 3.05) is 7.11 Å². The number of halogens is 1. The van der Waals surface area contributed by atoms with E-state index in [0.29, 0.717) is 25.0 Å². The van der Waals surface area contributed by atoms with Crippen molar-refractivity contribution in [3.05, 3.63) is 29.6 Å². The fourth-order valence-corrected chi connectivity index (χ4v) is 2.59. The second-order valence-electron chi connectivity index (χ2n) is 4.69. The van der Waals surface area contributed by atoms with E-state index in [9.17, 15) is 14.0 Å². The van der Waals surface area contributed by atoms with E-state index in [1.165, 1.54) is 19.2 Å². The maximum atomic E-state index is 13.8. The van der Waals surface area contributed by atoms with Crippen LogP contribution in [0.1, 0.15) is 29.6 Å². The summed E-state index contributed by atoms with van der Waals surface area (Å²) in [7, 11) is 1.41. The number of ether oxygens (including phenoxy) is 1. The van der Waals surface area contributed by atoms with Crippen molar-refractivity contribution < 1.29 is 23.8 Å². The summed E-state index contributed by atoms with van der Waals surface area (Å²) in [4.78, 5) is 23.3. The number of aliphatic carboxylic acids is 1. The van der Waals surface area contributed by atoms with Gasteiger partial charge in [0.15, 0.2) is 5.78 Å². The predicted molar refractivity (Wildman–Crippen MR) is 65.7 cm³/mol. The first-order valence-corrected chi connectivity index (χ1v) is 6.15. The zero-order valence-electron chi connectivity index (χ0n) is 10.6. The lowest BCUT2D eigenvalue weighted by Crippen LogP contribution is -2.26. The van der Waals surface area contributed by atoms with Gasteiger partial charge in [-0.2, -0.15) is 0 Å². The van der Waals surface area contributed by atoms with E-state index in [4.69, 9.17) is 9.84 Å². The summed E-state index contributed by atoms with van der Waals surface area (Å²) in [6.07, 6.45) is 1.66. The van der Waals surface area contributed by atoms with E-state index in [-0.39, 0.29) is 5.56 Å². The van der Waals surface area contributed by atoms with Crippen LogP contribution in [0.3, 0.4) is 0 Å². The highest BCUT2D eigenvalue weighted by molar-refractivity contribution is 6.00. The summed E-state index contributed by atoms with van der Waals surface area (Å²) in [5.41, 5.74) is -0.0565. The summed E-state index contributed by atoms with van der Waals surface area (Å²) in [6, 6.07) is 3.99. The Labute approximate surface area is 110 Å². The van der Waals surface area contributed by atoms with Crippen molar-refractivity contribution in [3.63, 3.8) is 0 Å². The largest absolute Gasteiger partial charge is 0.497 e. The summed E-state index contributed by atoms with van der Waals surface area (Å²) < 4.78 is 18.7. The molecule has 0 saturated heterocycles. The highest BCUT2D eigenvalue weighted by Crippen LogP contribution is 2.35. The van der Waals surface area contributed by atoms with E-state index in [0.717, 1.165) is 6.07 Å². The highest BCUT2D eigenvalue weighted by Gasteiger charge is 2.38. The van der Waals surface area contributed by atoms with Crippen LogP contribution in [-0.4, -0.2) is 24.0 Å². The molecule has 0 radical (unpaired) electrons. The van der Waals surface area contributed by atoms with Crippen LogP contribution >= 0.6 is 0 Å². The number of carbonyl (C=O) groups is 2. The molecule has 0 aliphatic heterocycles. The molecule has 1 aliphatic carbocycles. The third-order valence-corrected chi connectivity index (χ3v) is 3.61. The lowest BCUT2D eigenvalue weighted by molar-refractivity contribution is -0.142. The highest BCUT2D eigenvalue weighted by atomic mass is 19.1. The van der Waals surface area contributed by atoms with Crippen LogP contribution in [0.2, 0.25) is 0 Å². The van der Waals surface area contributed by atoms with Gasteiger partial charge in [-0.1, -0.05) is 6.42 Å². The Morgan fingerprint density at radius 1 is 1.32 bits per heavy atom. The molecule has 0 aromatic heterocycles. The van der Waals surface area contributed by atoms with E-state index >= 15 is 0 Å². The summed E-state index contributed by atoms with van der Waals surface area (Å²) in [5.74, 6) is -3.07. The van der Waals surface area contributed by atoms with Crippen molar-refractivity contribution in [1.29, 1.82) is 0 Å². The van der Waals surface area contributed by atoms with E-state index in [1.54, 1.807) is 0 Å². The standard InChI is InChI=1S/C14H15FO4/c1-19-8-5-6-11(12(15)7-8)13(16)9-3-2-4-10(9)14(17)18/h5-7,9-10H,2-4H2,1H3,(H,17,18). The minimum Gasteiger partial charge on any atom is -0.497 e. The SMILES string of the molecule is COc1ccc(C(=O)C2CCCC2C(=O)O)c(F)c1. The van der Waals surface area contributed by atoms with Crippen LogP contribution in [0, 0.1) is 17.7 Å². The molecule has 102 valence electrons. The number of methoxy groups -OCH3 is 1. The predicted octanol–water partition coefficient (Wildman–Crippen LogP) is 2.52. The van der Waals surface area contributed by atoms with Crippen molar-refractivity contribution in [2.45, 2.75) is 19.3 Å². The number of ketones is 1. The normalized spacial score (nSPS) is 22.2. The van der Waals surface area contributed by atoms with Gasteiger partial charge in [0, 0.05) is 12.0 Å². The second kappa shape index (κ2) is 5.38. The number of benzene rings is 1. The van der Waals surface area contributed by atoms with Gasteiger partial charge < -0.3 is 9.84 Å². The Kier molecular flexibility index (Phi) is 3.83. The molecule has 0 bridgehead atoms. The molecule has 1 N–H and O–H groups in total. The van der Waals surface area contributed by atoms with Gasteiger partial charge in [0.25, 0.3) is 0 Å². The van der Waals surface area contributed by atoms with Crippen LogP contribution in [-0.2, 0) is 4.79 Å². The molecule has 5 heteroatoms. The number of carboxylic acids is 1. The van der Waals surface area contributed by atoms with Crippen molar-refractivity contribution >= 4 is 11.8 Å². The smallest absolute Gasteiger partial charge is 0.307 e. The lowest BCUT2D eigenvalue weighted by atomic mass is 9.88. The van der Waals surface area contributed by atoms with Gasteiger partial charge in [-0.25, -0.2) is 4.39 Å². The Morgan fingerprint density at radius 3 is 2.58 bits per heavy atom. The maximum Gasteiger partial charge on any atom is 0.307 e. The van der Waals surface area contributed by atoms with Gasteiger partial charge in [-0.15, -0.1) is 0 Å². The lowest BCUT2D eigenvalue weighted by Gasteiger charge is -2.15. The van der Waals surface area contributed by atoms with Gasteiger partial charge >= 0.3 is 5.97 Å². The maximum absolute atomic E-state index is 13.8. The van der Waals surface area contributed by atoms with Gasteiger partial charge in [0.1, 0.15) is 11.6 Å². The monoisotopic (exact) mass is 266 g/mol. The van der Waals surface area contributed by atoms with Gasteiger partial charge in [-0.05, 0) is 25.0 Å². The first kappa shape index (κ1) is 13.5. The Morgan fingerprint density at radius 2 is 2.00 bits per heavy atom. The van der Waals surface area contributed by atoms with Crippen molar-refractivity contribution in [1.82, 2.24) is 0 Å². The molecule has 1 aliphatic rings. The van der Waals surface area contributed by atoms with E-state index < -0.39 is 29.4 Å². The van der Waals surface area contributed by atoms with Gasteiger partial charge in [-0.3, -0.25) is 9.59 Å². The van der Waals surface area contributed by atoms with Crippen LogP contribution in [0.15, 0.2) is 18.2 Å². The number of carboxylic acid groups (broad SMARTS) is 1. The molecule has 0 spiro atoms. The number of hydrogen-bond acceptors (Lipinski definition) is 3. The third kappa shape index (κ3) is 2.59. The molecule has 2 unspecified atom stereocenters. The number of carbonyl (C=O) groups excluding carboxylic acids is 1. The first-order valence-electron chi connectivity index (χ1n) is 6.15. The Balaban J connectivity index is 2.26. The fourth-order valence-electron chi connectivity index (χ4n) is 2.59. The van der Waals surface area contributed by atoms with Crippen LogP contribution in [0.4, 0.5) is 4.39 Å². The molecule has 1 aromatic carbocycles. The van der Waals surface area contributed by atoms with Crippen molar-refractivity contribution in [3.8, 4) is 5.75 Å². The second-order valence-corrected chi connectivity index (χ2v) is 4.69. The van der Waals surface area contributed by atoms with Crippen molar-refractivity contribution in [2.24, 2.45) is 11.8 Å². The molecular weight excluding hydrogens is 251 g/mol. The first-order chi connectivity index (χ1) is 9.04. The van der Waals surface area contributed by atoms with Gasteiger partial charge in [0.2, 0.25) is 0 Å². The molecule has 2 rings (SSSR count). The molecule has 0 heterocycles. The summed E-state index contributed by atoms with van der Waals surface area (Å²) >= 11 is 0. The zero-order valence-corrected chi connectivity index (χ0v) is 10.6. The molecular formula is C14H15FO4. The Hall–Kier alpha value is -1.91. The zero-order chi connectivity index (χ0) is 14.0. The molecule has 1 saturated carbocycles. The van der Waals surface area contributed by atoms with Crippen LogP contribution < -0.4 is 4.74 Å². The Bertz CT molecular complexity index is 512. The summed E-state index contributed by atoms with van der Waals surface area (Å²) in [5, 5.41) is 9.06. The van der Waals surface area contributed by atoms with E-state index in [2.05, 4.69) is 0 Å². The molecule has 1 fully saturated rings. The summed E-state index contributed by atoms with van der Waals surface area (Å²) in [6.45, 7) is 0. The number of Topliss-reactive ketones (excluding diaryl/α,β-unsaturated/α-hetero) is 1. The quantitative estimate of drug-likeness (QED) is 0.850. The van der Waals surface area contributed by atoms with Crippen LogP contribution in [0.5, 0.6) is 5.75 Å². The molecule has 1 aromatic rings. The molecule has 0 amide bonds. The minimum atomic E-state index is -0.982. The average molecular weight is 266 g/mol. The van der Waals surface area contributed by atoms with Gasteiger partial charge in [0.05, 0.1) is 18.6 Å². The molecule has 2 atom stereocenters. The molecule has 4 nitrogen and oxygen atoms in total.